The Bertz CT molecular complexity index is 637. The molecule has 2 aromatic rings. The maximum atomic E-state index is 11.1. The van der Waals surface area contributed by atoms with Gasteiger partial charge in [0.05, 0.1) is 11.0 Å². The highest BCUT2D eigenvalue weighted by atomic mass is 32.2. The summed E-state index contributed by atoms with van der Waals surface area (Å²) in [6, 6.07) is 4.43. The number of para-hydroxylation sites is 1. The fourth-order valence-electron chi connectivity index (χ4n) is 1.27. The molecule has 0 bridgehead atoms. The first-order valence-electron chi connectivity index (χ1n) is 3.72. The van der Waals surface area contributed by atoms with Crippen molar-refractivity contribution >= 4 is 21.1 Å². The van der Waals surface area contributed by atoms with E-state index in [0.717, 1.165) is 0 Å². The van der Waals surface area contributed by atoms with Crippen molar-refractivity contribution in [1.82, 2.24) is 9.97 Å². The van der Waals surface area contributed by atoms with Crippen LogP contribution in [0.2, 0.25) is 0 Å². The molecule has 0 saturated carbocycles. The van der Waals surface area contributed by atoms with Gasteiger partial charge in [-0.1, -0.05) is 6.07 Å². The molecule has 0 unspecified atom stereocenters. The van der Waals surface area contributed by atoms with Crippen molar-refractivity contribution in [3.63, 3.8) is 0 Å². The first-order chi connectivity index (χ1) is 6.48. The molecule has 1 aromatic heterocycles. The Morgan fingerprint density at radius 1 is 1.21 bits per heavy atom. The number of benzene rings is 1. The molecule has 0 aliphatic heterocycles. The lowest BCUT2D eigenvalue weighted by Crippen LogP contribution is -2.12. The molecule has 0 aliphatic carbocycles. The quantitative estimate of drug-likeness (QED) is 0.594. The third-order valence-electron chi connectivity index (χ3n) is 1.82. The van der Waals surface area contributed by atoms with Gasteiger partial charge in [0.2, 0.25) is 10.0 Å². The van der Waals surface area contributed by atoms with Crippen molar-refractivity contribution < 1.29 is 8.42 Å². The number of hydrogen-bond donors (Lipinski definition) is 3. The number of nitrogens with one attached hydrogen (secondary N) is 2. The van der Waals surface area contributed by atoms with Gasteiger partial charge in [-0.2, -0.15) is 0 Å². The van der Waals surface area contributed by atoms with Crippen molar-refractivity contribution in [2.75, 3.05) is 0 Å². The number of aromatic amines is 2. The first-order valence-corrected chi connectivity index (χ1v) is 5.27. The van der Waals surface area contributed by atoms with Crippen LogP contribution < -0.4 is 10.8 Å². The minimum Gasteiger partial charge on any atom is -0.306 e. The Labute approximate surface area is 78.8 Å². The molecule has 0 aliphatic rings. The van der Waals surface area contributed by atoms with Gasteiger partial charge in [0, 0.05) is 0 Å². The topological polar surface area (TPSA) is 109 Å². The molecule has 74 valence electrons. The van der Waals surface area contributed by atoms with Gasteiger partial charge in [0.15, 0.2) is 0 Å². The highest BCUT2D eigenvalue weighted by molar-refractivity contribution is 7.89. The number of nitrogens with two attached hydrogens (primary N) is 1. The summed E-state index contributed by atoms with van der Waals surface area (Å²) >= 11 is 0. The normalized spacial score (nSPS) is 12.1. The van der Waals surface area contributed by atoms with E-state index in [1.54, 1.807) is 6.07 Å². The zero-order chi connectivity index (χ0) is 10.3. The van der Waals surface area contributed by atoms with E-state index in [1.807, 2.05) is 0 Å². The van der Waals surface area contributed by atoms with Crippen LogP contribution in [0.15, 0.2) is 27.9 Å². The summed E-state index contributed by atoms with van der Waals surface area (Å²) in [7, 11) is -3.81. The minimum atomic E-state index is -3.81. The summed E-state index contributed by atoms with van der Waals surface area (Å²) in [6.07, 6.45) is 0. The van der Waals surface area contributed by atoms with Crippen LogP contribution in [0.3, 0.4) is 0 Å². The van der Waals surface area contributed by atoms with Gasteiger partial charge in [-0.15, -0.1) is 0 Å². The number of imidazole rings is 1. The molecule has 14 heavy (non-hydrogen) atoms. The summed E-state index contributed by atoms with van der Waals surface area (Å²) in [5.41, 5.74) is 0.164. The summed E-state index contributed by atoms with van der Waals surface area (Å²) in [5.74, 6) is 0. The summed E-state index contributed by atoms with van der Waals surface area (Å²) in [5, 5.41) is 4.97. The van der Waals surface area contributed by atoms with Crippen molar-refractivity contribution in [3.8, 4) is 0 Å². The van der Waals surface area contributed by atoms with Crippen LogP contribution in [0.25, 0.3) is 11.0 Å². The van der Waals surface area contributed by atoms with Gasteiger partial charge in [-0.05, 0) is 12.1 Å². The Morgan fingerprint density at radius 2 is 1.93 bits per heavy atom. The van der Waals surface area contributed by atoms with Gasteiger partial charge >= 0.3 is 5.69 Å². The largest absolute Gasteiger partial charge is 0.323 e. The highest BCUT2D eigenvalue weighted by Gasteiger charge is 2.13. The van der Waals surface area contributed by atoms with Crippen LogP contribution in [-0.4, -0.2) is 18.4 Å². The van der Waals surface area contributed by atoms with Crippen LogP contribution in [0, 0.1) is 0 Å². The van der Waals surface area contributed by atoms with Gasteiger partial charge in [-0.3, -0.25) is 0 Å². The molecule has 0 saturated heterocycles. The first kappa shape index (κ1) is 8.97. The van der Waals surface area contributed by atoms with Crippen molar-refractivity contribution in [1.29, 1.82) is 0 Å². The van der Waals surface area contributed by atoms with E-state index in [0.29, 0.717) is 5.52 Å². The van der Waals surface area contributed by atoms with E-state index in [2.05, 4.69) is 9.97 Å². The minimum absolute atomic E-state index is 0.0895. The number of H-pyrrole nitrogens is 2. The van der Waals surface area contributed by atoms with E-state index in [-0.39, 0.29) is 10.4 Å². The molecule has 4 N–H and O–H groups in total. The van der Waals surface area contributed by atoms with Crippen LogP contribution in [-0.2, 0) is 10.0 Å². The molecule has 1 heterocycles. The average Bonchev–Trinajstić information content (AvgIpc) is 2.41. The second kappa shape index (κ2) is 2.69. The second-order valence-electron chi connectivity index (χ2n) is 2.80. The standard InChI is InChI=1S/C7H7N3O3S/c8-14(12,13)5-3-1-2-4-6(5)10-7(11)9-4/h1-3H,(H2,8,12,13)(H2,9,10,11). The van der Waals surface area contributed by atoms with Gasteiger partial charge in [-0.25, -0.2) is 18.4 Å². The fourth-order valence-corrected chi connectivity index (χ4v) is 1.98. The molecule has 0 atom stereocenters. The Balaban J connectivity index is 2.98. The third kappa shape index (κ3) is 1.32. The average molecular weight is 213 g/mol. The van der Waals surface area contributed by atoms with E-state index in [9.17, 15) is 13.2 Å². The van der Waals surface area contributed by atoms with Crippen LogP contribution in [0.4, 0.5) is 0 Å². The SMILES string of the molecule is NS(=O)(=O)c1cccc2[nH]c(=O)[nH]c12. The van der Waals surface area contributed by atoms with Gasteiger partial charge in [0.25, 0.3) is 0 Å². The summed E-state index contributed by atoms with van der Waals surface area (Å²) in [6.45, 7) is 0. The van der Waals surface area contributed by atoms with Crippen molar-refractivity contribution in [3.05, 3.63) is 28.7 Å². The number of fused-ring (bicyclic) bond motifs is 1. The van der Waals surface area contributed by atoms with E-state index < -0.39 is 15.7 Å². The number of hydrogen-bond acceptors (Lipinski definition) is 3. The van der Waals surface area contributed by atoms with E-state index in [1.165, 1.54) is 12.1 Å². The molecular formula is C7H7N3O3S. The maximum absolute atomic E-state index is 11.1. The number of aromatic nitrogens is 2. The molecule has 6 nitrogen and oxygen atoms in total. The molecule has 7 heteroatoms. The molecule has 1 aromatic carbocycles. The summed E-state index contributed by atoms with van der Waals surface area (Å²) in [4.78, 5) is 15.6. The number of primary sulfonamides is 1. The molecule has 0 radical (unpaired) electrons. The third-order valence-corrected chi connectivity index (χ3v) is 2.77. The number of sulfonamides is 1. The van der Waals surface area contributed by atoms with Crippen LogP contribution in [0.1, 0.15) is 0 Å². The highest BCUT2D eigenvalue weighted by Crippen LogP contribution is 2.16. The smallest absolute Gasteiger partial charge is 0.306 e. The fraction of sp³-hybridized carbons (Fsp3) is 0. The zero-order valence-electron chi connectivity index (χ0n) is 6.94. The molecule has 0 amide bonds. The van der Waals surface area contributed by atoms with Gasteiger partial charge in [0.1, 0.15) is 4.90 Å². The van der Waals surface area contributed by atoms with Crippen LogP contribution >= 0.6 is 0 Å². The number of rotatable bonds is 1. The lowest BCUT2D eigenvalue weighted by Gasteiger charge is -1.97. The monoisotopic (exact) mass is 213 g/mol. The summed E-state index contributed by atoms with van der Waals surface area (Å²) < 4.78 is 22.2. The van der Waals surface area contributed by atoms with Crippen molar-refractivity contribution in [2.45, 2.75) is 4.90 Å². The lowest BCUT2D eigenvalue weighted by atomic mass is 10.3. The zero-order valence-corrected chi connectivity index (χ0v) is 7.76. The van der Waals surface area contributed by atoms with Crippen LogP contribution in [0.5, 0.6) is 0 Å². The predicted octanol–water partition coefficient (Wildman–Crippen LogP) is -0.496. The lowest BCUT2D eigenvalue weighted by molar-refractivity contribution is 0.598. The van der Waals surface area contributed by atoms with Gasteiger partial charge < -0.3 is 9.97 Å². The Hall–Kier alpha value is -1.60. The molecular weight excluding hydrogens is 206 g/mol. The maximum Gasteiger partial charge on any atom is 0.323 e. The Kier molecular flexibility index (Phi) is 1.73. The second-order valence-corrected chi connectivity index (χ2v) is 4.33. The van der Waals surface area contributed by atoms with Crippen molar-refractivity contribution in [2.24, 2.45) is 5.14 Å². The van der Waals surface area contributed by atoms with E-state index >= 15 is 0 Å². The predicted molar refractivity (Wildman–Crippen MR) is 50.3 cm³/mol. The molecule has 0 fully saturated rings. The molecule has 2 rings (SSSR count). The van der Waals surface area contributed by atoms with E-state index in [4.69, 9.17) is 5.14 Å². The molecule has 0 spiro atoms. The Morgan fingerprint density at radius 3 is 2.57 bits per heavy atom.